The number of rotatable bonds is 5. The number of carbonyl (C=O) groups excluding carboxylic acids is 1. The maximum atomic E-state index is 13.9. The van der Waals surface area contributed by atoms with Crippen molar-refractivity contribution in [2.24, 2.45) is 0 Å². The zero-order valence-corrected chi connectivity index (χ0v) is 16.3. The Morgan fingerprint density at radius 3 is 2.57 bits per heavy atom. The van der Waals surface area contributed by atoms with Gasteiger partial charge in [-0.05, 0) is 37.1 Å². The highest BCUT2D eigenvalue weighted by Gasteiger charge is 2.22. The molecule has 6 heteroatoms. The van der Waals surface area contributed by atoms with E-state index in [1.807, 2.05) is 18.2 Å². The largest absolute Gasteiger partial charge is 0.293 e. The van der Waals surface area contributed by atoms with Gasteiger partial charge < -0.3 is 0 Å². The summed E-state index contributed by atoms with van der Waals surface area (Å²) in [7, 11) is 0. The molecule has 0 spiro atoms. The minimum Gasteiger partial charge on any atom is -0.293 e. The number of fused-ring (bicyclic) bond motifs is 1. The van der Waals surface area contributed by atoms with Crippen LogP contribution in [0.5, 0.6) is 0 Å². The standard InChI is InChI=1S/C22H21FN2O2S/c23-18-12-6-4-10-16(18)20(26)14-28-22-24-19-13-7-5-11-17(19)21(27)25(22)15-8-2-1-3-9-15/h4-7,10-13,15H,1-3,8-9,14H2. The molecule has 3 aromatic rings. The van der Waals surface area contributed by atoms with Gasteiger partial charge in [-0.15, -0.1) is 0 Å². The van der Waals surface area contributed by atoms with Crippen molar-refractivity contribution in [2.45, 2.75) is 43.3 Å². The number of halogens is 1. The number of ketones is 1. The van der Waals surface area contributed by atoms with Crippen LogP contribution in [-0.2, 0) is 0 Å². The van der Waals surface area contributed by atoms with Gasteiger partial charge in [0.2, 0.25) is 0 Å². The van der Waals surface area contributed by atoms with Gasteiger partial charge >= 0.3 is 0 Å². The zero-order valence-electron chi connectivity index (χ0n) is 15.4. The maximum absolute atomic E-state index is 13.9. The molecule has 1 aliphatic rings. The number of benzene rings is 2. The predicted molar refractivity (Wildman–Crippen MR) is 110 cm³/mol. The topological polar surface area (TPSA) is 52.0 Å². The molecule has 1 saturated carbocycles. The Hall–Kier alpha value is -2.47. The average molecular weight is 396 g/mol. The number of Topliss-reactive ketones (excluding diaryl/α,β-unsaturated/α-hetero) is 1. The summed E-state index contributed by atoms with van der Waals surface area (Å²) < 4.78 is 15.7. The van der Waals surface area contributed by atoms with E-state index in [1.165, 1.54) is 30.3 Å². The molecule has 28 heavy (non-hydrogen) atoms. The van der Waals surface area contributed by atoms with Crippen molar-refractivity contribution in [3.05, 3.63) is 70.3 Å². The molecule has 4 nitrogen and oxygen atoms in total. The summed E-state index contributed by atoms with van der Waals surface area (Å²) in [6.07, 6.45) is 5.23. The lowest BCUT2D eigenvalue weighted by atomic mass is 9.95. The van der Waals surface area contributed by atoms with E-state index in [0.29, 0.717) is 16.1 Å². The van der Waals surface area contributed by atoms with Gasteiger partial charge in [0.15, 0.2) is 10.9 Å². The number of hydrogen-bond donors (Lipinski definition) is 0. The zero-order chi connectivity index (χ0) is 19.5. The van der Waals surface area contributed by atoms with Crippen LogP contribution >= 0.6 is 11.8 Å². The molecule has 0 bridgehead atoms. The summed E-state index contributed by atoms with van der Waals surface area (Å²) >= 11 is 1.22. The third kappa shape index (κ3) is 3.74. The van der Waals surface area contributed by atoms with Gasteiger partial charge in [-0.25, -0.2) is 9.37 Å². The number of aromatic nitrogens is 2. The van der Waals surface area contributed by atoms with E-state index >= 15 is 0 Å². The summed E-state index contributed by atoms with van der Waals surface area (Å²) in [6, 6.07) is 13.4. The van der Waals surface area contributed by atoms with Crippen LogP contribution < -0.4 is 5.56 Å². The first-order valence-corrected chi connectivity index (χ1v) is 10.6. The summed E-state index contributed by atoms with van der Waals surface area (Å²) in [4.78, 5) is 30.4. The van der Waals surface area contributed by atoms with Crippen LogP contribution in [0, 0.1) is 5.82 Å². The summed E-state index contributed by atoms with van der Waals surface area (Å²) in [5, 5.41) is 1.14. The summed E-state index contributed by atoms with van der Waals surface area (Å²) in [6.45, 7) is 0. The fourth-order valence-corrected chi connectivity index (χ4v) is 4.73. The Balaban J connectivity index is 1.69. The first-order valence-electron chi connectivity index (χ1n) is 9.57. The minimum atomic E-state index is -0.524. The first kappa shape index (κ1) is 18.9. The van der Waals surface area contributed by atoms with Crippen molar-refractivity contribution in [1.82, 2.24) is 9.55 Å². The van der Waals surface area contributed by atoms with E-state index in [1.54, 1.807) is 22.8 Å². The van der Waals surface area contributed by atoms with Crippen LogP contribution in [0.3, 0.4) is 0 Å². The fourth-order valence-electron chi connectivity index (χ4n) is 3.78. The van der Waals surface area contributed by atoms with Crippen molar-refractivity contribution in [3.8, 4) is 0 Å². The molecule has 0 unspecified atom stereocenters. The SMILES string of the molecule is O=C(CSc1nc2ccccc2c(=O)n1C1CCCCC1)c1ccccc1F. The molecule has 4 rings (SSSR count). The lowest BCUT2D eigenvalue weighted by molar-refractivity contribution is 0.101. The van der Waals surface area contributed by atoms with Crippen molar-refractivity contribution < 1.29 is 9.18 Å². The molecule has 2 aromatic carbocycles. The van der Waals surface area contributed by atoms with Gasteiger partial charge in [0.25, 0.3) is 5.56 Å². The van der Waals surface area contributed by atoms with Crippen molar-refractivity contribution in [2.75, 3.05) is 5.75 Å². The highest BCUT2D eigenvalue weighted by Crippen LogP contribution is 2.31. The molecule has 1 heterocycles. The second-order valence-corrected chi connectivity index (χ2v) is 8.01. The molecule has 0 N–H and O–H groups in total. The van der Waals surface area contributed by atoms with E-state index in [2.05, 4.69) is 4.98 Å². The molecule has 1 fully saturated rings. The number of hydrogen-bond acceptors (Lipinski definition) is 4. The van der Waals surface area contributed by atoms with Gasteiger partial charge in [-0.1, -0.05) is 55.3 Å². The van der Waals surface area contributed by atoms with E-state index in [9.17, 15) is 14.0 Å². The van der Waals surface area contributed by atoms with Crippen LogP contribution in [0.1, 0.15) is 48.5 Å². The Bertz CT molecular complexity index is 1070. The van der Waals surface area contributed by atoms with Crippen LogP contribution in [0.15, 0.2) is 58.5 Å². The Labute approximate surface area is 166 Å². The lowest BCUT2D eigenvalue weighted by Crippen LogP contribution is -2.29. The smallest absolute Gasteiger partial charge is 0.262 e. The molecule has 0 saturated heterocycles. The first-order chi connectivity index (χ1) is 13.6. The summed E-state index contributed by atoms with van der Waals surface area (Å²) in [5.41, 5.74) is 0.640. The van der Waals surface area contributed by atoms with E-state index in [-0.39, 0.29) is 28.7 Å². The molecule has 0 radical (unpaired) electrons. The third-order valence-corrected chi connectivity index (χ3v) is 6.17. The van der Waals surface area contributed by atoms with Crippen LogP contribution in [-0.4, -0.2) is 21.1 Å². The quantitative estimate of drug-likeness (QED) is 0.345. The highest BCUT2D eigenvalue weighted by atomic mass is 32.2. The molecule has 1 aliphatic carbocycles. The molecule has 0 atom stereocenters. The van der Waals surface area contributed by atoms with Gasteiger partial charge in [0.1, 0.15) is 5.82 Å². The lowest BCUT2D eigenvalue weighted by Gasteiger charge is -2.26. The number of nitrogens with zero attached hydrogens (tertiary/aromatic N) is 2. The number of para-hydroxylation sites is 1. The second-order valence-electron chi connectivity index (χ2n) is 7.07. The molecular weight excluding hydrogens is 375 g/mol. The molecule has 0 aliphatic heterocycles. The van der Waals surface area contributed by atoms with Crippen LogP contribution in [0.4, 0.5) is 4.39 Å². The Morgan fingerprint density at radius 2 is 1.79 bits per heavy atom. The highest BCUT2D eigenvalue weighted by molar-refractivity contribution is 7.99. The van der Waals surface area contributed by atoms with Gasteiger partial charge in [0.05, 0.1) is 22.2 Å². The van der Waals surface area contributed by atoms with E-state index in [4.69, 9.17) is 0 Å². The van der Waals surface area contributed by atoms with E-state index < -0.39 is 5.82 Å². The molecule has 0 amide bonds. The minimum absolute atomic E-state index is 0.0401. The summed E-state index contributed by atoms with van der Waals surface area (Å²) in [5.74, 6) is -0.789. The molecular formula is C22H21FN2O2S. The predicted octanol–water partition coefficient (Wildman–Crippen LogP) is 5.02. The van der Waals surface area contributed by atoms with E-state index in [0.717, 1.165) is 25.7 Å². The monoisotopic (exact) mass is 396 g/mol. The Kier molecular flexibility index (Phi) is 5.57. The normalized spacial score (nSPS) is 15.0. The Morgan fingerprint density at radius 1 is 1.07 bits per heavy atom. The van der Waals surface area contributed by atoms with Gasteiger partial charge in [0, 0.05) is 6.04 Å². The number of carbonyl (C=O) groups is 1. The molecule has 144 valence electrons. The van der Waals surface area contributed by atoms with Crippen LogP contribution in [0.2, 0.25) is 0 Å². The second kappa shape index (κ2) is 8.27. The number of thioether (sulfide) groups is 1. The van der Waals surface area contributed by atoms with Gasteiger partial charge in [-0.3, -0.25) is 14.2 Å². The van der Waals surface area contributed by atoms with Gasteiger partial charge in [-0.2, -0.15) is 0 Å². The fraction of sp³-hybridized carbons (Fsp3) is 0.318. The molecule has 1 aromatic heterocycles. The van der Waals surface area contributed by atoms with Crippen molar-refractivity contribution in [1.29, 1.82) is 0 Å². The maximum Gasteiger partial charge on any atom is 0.262 e. The average Bonchev–Trinajstić information content (AvgIpc) is 2.73. The third-order valence-electron chi connectivity index (χ3n) is 5.22. The van der Waals surface area contributed by atoms with Crippen molar-refractivity contribution in [3.63, 3.8) is 0 Å². The van der Waals surface area contributed by atoms with Crippen molar-refractivity contribution >= 4 is 28.4 Å². The van der Waals surface area contributed by atoms with Crippen LogP contribution in [0.25, 0.3) is 10.9 Å².